The van der Waals surface area contributed by atoms with Crippen LogP contribution in [0.25, 0.3) is 0 Å². The van der Waals surface area contributed by atoms with Crippen LogP contribution in [-0.4, -0.2) is 25.3 Å². The lowest BCUT2D eigenvalue weighted by Crippen LogP contribution is -2.39. The van der Waals surface area contributed by atoms with Crippen molar-refractivity contribution in [3.05, 3.63) is 42.5 Å². The molecule has 2 fully saturated rings. The lowest BCUT2D eigenvalue weighted by atomic mass is 9.71. The second-order valence-corrected chi connectivity index (χ2v) is 8.92. The van der Waals surface area contributed by atoms with Crippen molar-refractivity contribution in [2.45, 2.75) is 50.5 Å². The molecule has 4 heteroatoms. The summed E-state index contributed by atoms with van der Waals surface area (Å²) in [5.41, 5.74) is 0.968. The molecule has 0 amide bonds. The van der Waals surface area contributed by atoms with Crippen LogP contribution in [0.15, 0.2) is 41.8 Å². The second-order valence-electron chi connectivity index (χ2n) is 7.03. The summed E-state index contributed by atoms with van der Waals surface area (Å²) in [5.74, 6) is 0.402. The van der Waals surface area contributed by atoms with E-state index in [-0.39, 0.29) is 11.5 Å². The third kappa shape index (κ3) is 2.42. The smallest absolute Gasteiger partial charge is 0.207 e. The summed E-state index contributed by atoms with van der Waals surface area (Å²) in [6, 6.07) is 7.32. The van der Waals surface area contributed by atoms with Crippen LogP contribution in [0.2, 0.25) is 0 Å². The standard InChI is InChI=1S/C18H25NO2S/c1-4-18(3)13-19(17-8-6-5-7-16(17)18)22(20,21)15-11-9-14(2)10-12-15/h4,9-12,16-17H,1,5-8,13H2,2-3H3/t16-,17+,18+/m0/s1. The lowest BCUT2D eigenvalue weighted by molar-refractivity contribution is 0.216. The van der Waals surface area contributed by atoms with Crippen LogP contribution in [-0.2, 0) is 10.0 Å². The van der Waals surface area contributed by atoms with Gasteiger partial charge in [-0.1, -0.05) is 43.5 Å². The van der Waals surface area contributed by atoms with Crippen molar-refractivity contribution in [3.63, 3.8) is 0 Å². The van der Waals surface area contributed by atoms with Crippen molar-refractivity contribution >= 4 is 10.0 Å². The molecule has 3 rings (SSSR count). The van der Waals surface area contributed by atoms with Gasteiger partial charge in [0.25, 0.3) is 0 Å². The van der Waals surface area contributed by atoms with Gasteiger partial charge in [0.15, 0.2) is 0 Å². The Labute approximate surface area is 134 Å². The Balaban J connectivity index is 1.99. The molecular formula is C18H25NO2S. The summed E-state index contributed by atoms with van der Waals surface area (Å²) in [7, 11) is -3.42. The van der Waals surface area contributed by atoms with Crippen molar-refractivity contribution < 1.29 is 8.42 Å². The van der Waals surface area contributed by atoms with Gasteiger partial charge in [-0.2, -0.15) is 4.31 Å². The average molecular weight is 319 g/mol. The SMILES string of the molecule is C=C[C@]1(C)CN(S(=O)(=O)c2ccc(C)cc2)[C@@H]2CCCC[C@@H]21. The number of rotatable bonds is 3. The Bertz CT molecular complexity index is 665. The molecule has 22 heavy (non-hydrogen) atoms. The Morgan fingerprint density at radius 3 is 2.50 bits per heavy atom. The molecule has 3 atom stereocenters. The van der Waals surface area contributed by atoms with E-state index in [1.165, 1.54) is 6.42 Å². The van der Waals surface area contributed by atoms with Crippen molar-refractivity contribution in [2.24, 2.45) is 11.3 Å². The second kappa shape index (κ2) is 5.50. The first-order valence-corrected chi connectivity index (χ1v) is 9.54. The molecule has 3 nitrogen and oxygen atoms in total. The van der Waals surface area contributed by atoms with Gasteiger partial charge >= 0.3 is 0 Å². The van der Waals surface area contributed by atoms with E-state index in [1.54, 1.807) is 16.4 Å². The van der Waals surface area contributed by atoms with Crippen molar-refractivity contribution in [3.8, 4) is 0 Å². The van der Waals surface area contributed by atoms with E-state index < -0.39 is 10.0 Å². The first kappa shape index (κ1) is 15.8. The van der Waals surface area contributed by atoms with Gasteiger partial charge in [0.05, 0.1) is 4.90 Å². The van der Waals surface area contributed by atoms with E-state index in [4.69, 9.17) is 0 Å². The molecule has 120 valence electrons. The highest BCUT2D eigenvalue weighted by Gasteiger charge is 2.52. The van der Waals surface area contributed by atoms with Gasteiger partial charge in [-0.3, -0.25) is 0 Å². The topological polar surface area (TPSA) is 37.4 Å². The minimum atomic E-state index is -3.42. The largest absolute Gasteiger partial charge is 0.243 e. The Morgan fingerprint density at radius 2 is 1.86 bits per heavy atom. The number of benzene rings is 1. The van der Waals surface area contributed by atoms with Crippen LogP contribution >= 0.6 is 0 Å². The van der Waals surface area contributed by atoms with Crippen LogP contribution in [0.1, 0.15) is 38.2 Å². The lowest BCUT2D eigenvalue weighted by Gasteiger charge is -2.34. The number of fused-ring (bicyclic) bond motifs is 1. The maximum absolute atomic E-state index is 13.1. The fourth-order valence-corrected chi connectivity index (χ4v) is 5.93. The molecule has 0 unspecified atom stereocenters. The zero-order chi connectivity index (χ0) is 16.0. The van der Waals surface area contributed by atoms with Crippen LogP contribution in [0.4, 0.5) is 0 Å². The van der Waals surface area contributed by atoms with Gasteiger partial charge in [-0.15, -0.1) is 6.58 Å². The minimum Gasteiger partial charge on any atom is -0.207 e. The maximum atomic E-state index is 13.1. The quantitative estimate of drug-likeness (QED) is 0.796. The van der Waals surface area contributed by atoms with Crippen LogP contribution in [0, 0.1) is 18.3 Å². The van der Waals surface area contributed by atoms with E-state index >= 15 is 0 Å². The molecule has 1 saturated carbocycles. The molecular weight excluding hydrogens is 294 g/mol. The van der Waals surface area contributed by atoms with Gasteiger partial charge in [-0.25, -0.2) is 8.42 Å². The minimum absolute atomic E-state index is 0.108. The summed E-state index contributed by atoms with van der Waals surface area (Å²) in [4.78, 5) is 0.413. The first-order valence-electron chi connectivity index (χ1n) is 8.10. The molecule has 0 aromatic heterocycles. The third-order valence-corrected chi connectivity index (χ3v) is 7.42. The van der Waals surface area contributed by atoms with Crippen molar-refractivity contribution in [1.29, 1.82) is 0 Å². The van der Waals surface area contributed by atoms with E-state index in [2.05, 4.69) is 13.5 Å². The Hall–Kier alpha value is -1.13. The van der Waals surface area contributed by atoms with Gasteiger partial charge in [0.2, 0.25) is 10.0 Å². The molecule has 0 radical (unpaired) electrons. The Morgan fingerprint density at radius 1 is 1.23 bits per heavy atom. The molecule has 1 saturated heterocycles. The fourth-order valence-electron chi connectivity index (χ4n) is 4.12. The predicted molar refractivity (Wildman–Crippen MR) is 89.1 cm³/mol. The third-order valence-electron chi connectivity index (χ3n) is 5.54. The van der Waals surface area contributed by atoms with E-state index in [1.807, 2.05) is 25.1 Å². The van der Waals surface area contributed by atoms with Crippen LogP contribution < -0.4 is 0 Å². The fraction of sp³-hybridized carbons (Fsp3) is 0.556. The van der Waals surface area contributed by atoms with Crippen LogP contribution in [0.5, 0.6) is 0 Å². The molecule has 0 N–H and O–H groups in total. The van der Waals surface area contributed by atoms with Gasteiger partial charge in [0.1, 0.15) is 0 Å². The van der Waals surface area contributed by atoms with Crippen molar-refractivity contribution in [2.75, 3.05) is 6.54 Å². The molecule has 0 spiro atoms. The zero-order valence-corrected chi connectivity index (χ0v) is 14.3. The normalized spacial score (nSPS) is 32.6. The summed E-state index contributed by atoms with van der Waals surface area (Å²) in [6.07, 6.45) is 6.37. The number of aryl methyl sites for hydroxylation is 1. The molecule has 1 aromatic rings. The average Bonchev–Trinajstić information content (AvgIpc) is 2.83. The molecule has 1 aliphatic carbocycles. The number of nitrogens with zero attached hydrogens (tertiary/aromatic N) is 1. The van der Waals surface area contributed by atoms with Gasteiger partial charge in [-0.05, 0) is 37.8 Å². The molecule has 1 aliphatic heterocycles. The van der Waals surface area contributed by atoms with E-state index in [0.717, 1.165) is 24.8 Å². The molecule has 2 aliphatic rings. The predicted octanol–water partition coefficient (Wildman–Crippen LogP) is 3.75. The van der Waals surface area contributed by atoms with E-state index in [9.17, 15) is 8.42 Å². The van der Waals surface area contributed by atoms with E-state index in [0.29, 0.717) is 17.4 Å². The summed E-state index contributed by atoms with van der Waals surface area (Å²) >= 11 is 0. The summed E-state index contributed by atoms with van der Waals surface area (Å²) < 4.78 is 27.9. The van der Waals surface area contributed by atoms with Crippen LogP contribution in [0.3, 0.4) is 0 Å². The molecule has 1 heterocycles. The number of sulfonamides is 1. The summed E-state index contributed by atoms with van der Waals surface area (Å²) in [5, 5.41) is 0. The monoisotopic (exact) mass is 319 g/mol. The van der Waals surface area contributed by atoms with Crippen molar-refractivity contribution in [1.82, 2.24) is 4.31 Å². The highest BCUT2D eigenvalue weighted by molar-refractivity contribution is 7.89. The van der Waals surface area contributed by atoms with Gasteiger partial charge in [0, 0.05) is 18.0 Å². The molecule has 1 aromatic carbocycles. The highest BCUT2D eigenvalue weighted by Crippen LogP contribution is 2.49. The summed E-state index contributed by atoms with van der Waals surface area (Å²) in [6.45, 7) is 8.67. The highest BCUT2D eigenvalue weighted by atomic mass is 32.2. The number of hydrogen-bond acceptors (Lipinski definition) is 2. The number of hydrogen-bond donors (Lipinski definition) is 0. The van der Waals surface area contributed by atoms with Gasteiger partial charge < -0.3 is 0 Å². The first-order chi connectivity index (χ1) is 10.4. The Kier molecular flexibility index (Phi) is 3.94. The zero-order valence-electron chi connectivity index (χ0n) is 13.5. The maximum Gasteiger partial charge on any atom is 0.243 e. The molecule has 0 bridgehead atoms.